The molecule has 0 spiro atoms. The van der Waals surface area contributed by atoms with Crippen molar-refractivity contribution < 1.29 is 26.7 Å². The van der Waals surface area contributed by atoms with Gasteiger partial charge in [-0.05, 0) is 37.1 Å². The summed E-state index contributed by atoms with van der Waals surface area (Å²) in [4.78, 5) is 12.0. The van der Waals surface area contributed by atoms with Crippen LogP contribution in [0, 0.1) is 17.6 Å². The number of nitrogens with zero attached hydrogens (tertiary/aromatic N) is 1. The first-order valence-corrected chi connectivity index (χ1v) is 10.5. The number of rotatable bonds is 5. The molecule has 1 aliphatic rings. The first kappa shape index (κ1) is 20.7. The maximum atomic E-state index is 13.4. The maximum absolute atomic E-state index is 13.4. The number of piperidine rings is 1. The van der Waals surface area contributed by atoms with E-state index in [0.29, 0.717) is 16.7 Å². The summed E-state index contributed by atoms with van der Waals surface area (Å²) in [6.45, 7) is 0.228. The van der Waals surface area contributed by atoms with Crippen molar-refractivity contribution in [2.24, 2.45) is 5.92 Å². The van der Waals surface area contributed by atoms with Crippen LogP contribution in [0.5, 0.6) is 0 Å². The first-order chi connectivity index (χ1) is 13.3. The molecule has 2 aromatic rings. The van der Waals surface area contributed by atoms with E-state index in [1.54, 1.807) is 24.3 Å². The normalized spacial score (nSPS) is 16.1. The van der Waals surface area contributed by atoms with E-state index in [-0.39, 0.29) is 37.4 Å². The van der Waals surface area contributed by atoms with Crippen LogP contribution in [-0.2, 0) is 26.2 Å². The van der Waals surface area contributed by atoms with E-state index in [9.17, 15) is 22.0 Å². The van der Waals surface area contributed by atoms with Gasteiger partial charge in [-0.25, -0.2) is 17.2 Å². The molecule has 0 aromatic heterocycles. The van der Waals surface area contributed by atoms with Crippen LogP contribution in [-0.4, -0.2) is 31.8 Å². The van der Waals surface area contributed by atoms with Crippen LogP contribution in [0.25, 0.3) is 0 Å². The average Bonchev–Trinajstić information content (AvgIpc) is 2.69. The fourth-order valence-corrected chi connectivity index (χ4v) is 4.67. The molecule has 0 bridgehead atoms. The zero-order valence-electron chi connectivity index (χ0n) is 14.8. The molecule has 0 saturated carbocycles. The number of halogens is 3. The predicted octanol–water partition coefficient (Wildman–Crippen LogP) is 3.76. The smallest absolute Gasteiger partial charge is 0.309 e. The van der Waals surface area contributed by atoms with Gasteiger partial charge >= 0.3 is 5.97 Å². The molecule has 150 valence electrons. The molecule has 5 nitrogen and oxygen atoms in total. The average molecular weight is 430 g/mol. The number of benzene rings is 2. The third-order valence-electron chi connectivity index (χ3n) is 4.64. The molecule has 0 unspecified atom stereocenters. The molecule has 0 amide bonds. The van der Waals surface area contributed by atoms with Gasteiger partial charge in [0, 0.05) is 23.7 Å². The predicted molar refractivity (Wildman–Crippen MR) is 99.1 cm³/mol. The second-order valence-electron chi connectivity index (χ2n) is 6.45. The van der Waals surface area contributed by atoms with Gasteiger partial charge in [0.15, 0.2) is 11.6 Å². The zero-order valence-corrected chi connectivity index (χ0v) is 16.3. The maximum Gasteiger partial charge on any atom is 0.309 e. The summed E-state index contributed by atoms with van der Waals surface area (Å²) in [7, 11) is -3.95. The van der Waals surface area contributed by atoms with Crippen molar-refractivity contribution in [3.8, 4) is 0 Å². The Balaban J connectivity index is 1.58. The van der Waals surface area contributed by atoms with Crippen molar-refractivity contribution >= 4 is 27.6 Å². The SMILES string of the molecule is O=C(OCc1ccccc1Cl)C1CCN(S(=O)(=O)c2ccc(F)c(F)c2)CC1. The summed E-state index contributed by atoms with van der Waals surface area (Å²) in [6.07, 6.45) is 0.564. The fraction of sp³-hybridized carbons (Fsp3) is 0.316. The van der Waals surface area contributed by atoms with Crippen molar-refractivity contribution in [1.82, 2.24) is 4.31 Å². The number of carbonyl (C=O) groups is 1. The first-order valence-electron chi connectivity index (χ1n) is 8.64. The van der Waals surface area contributed by atoms with E-state index in [2.05, 4.69) is 0 Å². The Labute approximate surface area is 166 Å². The van der Waals surface area contributed by atoms with Gasteiger partial charge in [0.05, 0.1) is 10.8 Å². The number of hydrogen-bond acceptors (Lipinski definition) is 4. The van der Waals surface area contributed by atoms with Crippen LogP contribution >= 0.6 is 11.6 Å². The lowest BCUT2D eigenvalue weighted by Crippen LogP contribution is -2.40. The molecule has 9 heteroatoms. The molecular formula is C19H18ClF2NO4S. The van der Waals surface area contributed by atoms with Crippen LogP contribution in [0.3, 0.4) is 0 Å². The highest BCUT2D eigenvalue weighted by molar-refractivity contribution is 7.89. The highest BCUT2D eigenvalue weighted by atomic mass is 35.5. The molecule has 0 atom stereocenters. The van der Waals surface area contributed by atoms with E-state index in [1.807, 2.05) is 0 Å². The van der Waals surface area contributed by atoms with Crippen molar-refractivity contribution in [3.05, 3.63) is 64.7 Å². The van der Waals surface area contributed by atoms with Crippen molar-refractivity contribution in [1.29, 1.82) is 0 Å². The van der Waals surface area contributed by atoms with E-state index in [4.69, 9.17) is 16.3 Å². The van der Waals surface area contributed by atoms with Gasteiger partial charge in [-0.3, -0.25) is 4.79 Å². The highest BCUT2D eigenvalue weighted by Crippen LogP contribution is 2.26. The summed E-state index contributed by atoms with van der Waals surface area (Å²) in [5.74, 6) is -3.18. The Bertz CT molecular complexity index is 976. The van der Waals surface area contributed by atoms with Crippen molar-refractivity contribution in [3.63, 3.8) is 0 Å². The highest BCUT2D eigenvalue weighted by Gasteiger charge is 2.33. The van der Waals surface area contributed by atoms with Gasteiger partial charge < -0.3 is 4.74 Å². The summed E-state index contributed by atoms with van der Waals surface area (Å²) in [6, 6.07) is 9.49. The number of hydrogen-bond donors (Lipinski definition) is 0. The Morgan fingerprint density at radius 2 is 1.79 bits per heavy atom. The second kappa shape index (κ2) is 8.55. The topological polar surface area (TPSA) is 63.7 Å². The molecule has 1 heterocycles. The molecule has 28 heavy (non-hydrogen) atoms. The Morgan fingerprint density at radius 1 is 1.11 bits per heavy atom. The second-order valence-corrected chi connectivity index (χ2v) is 8.80. The van der Waals surface area contributed by atoms with Crippen LogP contribution in [0.2, 0.25) is 5.02 Å². The molecule has 1 fully saturated rings. The number of sulfonamides is 1. The summed E-state index contributed by atoms with van der Waals surface area (Å²) >= 11 is 6.03. The molecule has 0 radical (unpaired) electrons. The third kappa shape index (κ3) is 4.51. The minimum Gasteiger partial charge on any atom is -0.461 e. The standard InChI is InChI=1S/C19H18ClF2NO4S/c20-16-4-2-1-3-14(16)12-27-19(24)13-7-9-23(10-8-13)28(25,26)15-5-6-17(21)18(22)11-15/h1-6,11,13H,7-10,12H2. The zero-order chi connectivity index (χ0) is 20.3. The molecule has 2 aromatic carbocycles. The minimum absolute atomic E-state index is 0.0475. The van der Waals surface area contributed by atoms with Gasteiger partial charge in [-0.2, -0.15) is 4.31 Å². The lowest BCUT2D eigenvalue weighted by Gasteiger charge is -2.30. The van der Waals surface area contributed by atoms with E-state index in [1.165, 1.54) is 0 Å². The summed E-state index contributed by atoms with van der Waals surface area (Å²) < 4.78 is 58.0. The van der Waals surface area contributed by atoms with Gasteiger partial charge in [-0.1, -0.05) is 29.8 Å². The largest absolute Gasteiger partial charge is 0.461 e. The lowest BCUT2D eigenvalue weighted by atomic mass is 9.98. The summed E-state index contributed by atoms with van der Waals surface area (Å²) in [5, 5.41) is 0.503. The van der Waals surface area contributed by atoms with Crippen LogP contribution in [0.1, 0.15) is 18.4 Å². The van der Waals surface area contributed by atoms with Crippen molar-refractivity contribution in [2.75, 3.05) is 13.1 Å². The van der Waals surface area contributed by atoms with Gasteiger partial charge in [0.25, 0.3) is 0 Å². The monoisotopic (exact) mass is 429 g/mol. The molecule has 1 saturated heterocycles. The third-order valence-corrected chi connectivity index (χ3v) is 6.91. The van der Waals surface area contributed by atoms with Crippen LogP contribution in [0.4, 0.5) is 8.78 Å². The molecule has 0 N–H and O–H groups in total. The molecule has 1 aliphatic heterocycles. The van der Waals surface area contributed by atoms with Gasteiger partial charge in [-0.15, -0.1) is 0 Å². The number of esters is 1. The lowest BCUT2D eigenvalue weighted by molar-refractivity contribution is -0.151. The summed E-state index contributed by atoms with van der Waals surface area (Å²) in [5.41, 5.74) is 0.691. The van der Waals surface area contributed by atoms with Crippen molar-refractivity contribution in [2.45, 2.75) is 24.3 Å². The molecule has 3 rings (SSSR count). The van der Waals surface area contributed by atoms with E-state index in [0.717, 1.165) is 16.4 Å². The van der Waals surface area contributed by atoms with E-state index >= 15 is 0 Å². The Hall–Kier alpha value is -2.03. The minimum atomic E-state index is -3.95. The van der Waals surface area contributed by atoms with Gasteiger partial charge in [0.1, 0.15) is 6.61 Å². The number of ether oxygens (including phenoxy) is 1. The van der Waals surface area contributed by atoms with Crippen LogP contribution < -0.4 is 0 Å². The van der Waals surface area contributed by atoms with E-state index < -0.39 is 33.5 Å². The quantitative estimate of drug-likeness (QED) is 0.679. The molecular weight excluding hydrogens is 412 g/mol. The fourth-order valence-electron chi connectivity index (χ4n) is 3.00. The Kier molecular flexibility index (Phi) is 6.32. The molecule has 0 aliphatic carbocycles. The number of carbonyl (C=O) groups excluding carboxylic acids is 1. The van der Waals surface area contributed by atoms with Gasteiger partial charge in [0.2, 0.25) is 10.0 Å². The Morgan fingerprint density at radius 3 is 2.43 bits per heavy atom. The van der Waals surface area contributed by atoms with Crippen LogP contribution in [0.15, 0.2) is 47.4 Å².